The lowest BCUT2D eigenvalue weighted by Crippen LogP contribution is -2.43. The SMILES string of the molecule is CCOc1cc(CNCCCN2CCOCC2)ccc1OCC(=O)NC(C)(C)C.Cl.Cl. The summed E-state index contributed by atoms with van der Waals surface area (Å²) in [5.74, 6) is 1.11. The third-order valence-electron chi connectivity index (χ3n) is 4.44. The Labute approximate surface area is 199 Å². The van der Waals surface area contributed by atoms with Crippen LogP contribution >= 0.6 is 24.8 Å². The van der Waals surface area contributed by atoms with Crippen molar-refractivity contribution in [3.05, 3.63) is 23.8 Å². The van der Waals surface area contributed by atoms with E-state index in [1.54, 1.807) is 0 Å². The summed E-state index contributed by atoms with van der Waals surface area (Å²) >= 11 is 0. The maximum absolute atomic E-state index is 12.0. The van der Waals surface area contributed by atoms with Crippen LogP contribution in [-0.4, -0.2) is 69.0 Å². The predicted molar refractivity (Wildman–Crippen MR) is 129 cm³/mol. The third kappa shape index (κ3) is 12.4. The summed E-state index contributed by atoms with van der Waals surface area (Å²) in [4.78, 5) is 14.4. The van der Waals surface area contributed by atoms with Gasteiger partial charge in [0.25, 0.3) is 5.91 Å². The molecule has 0 atom stereocenters. The van der Waals surface area contributed by atoms with Gasteiger partial charge in [0.05, 0.1) is 19.8 Å². The van der Waals surface area contributed by atoms with Crippen LogP contribution in [0, 0.1) is 0 Å². The van der Waals surface area contributed by atoms with E-state index < -0.39 is 0 Å². The average Bonchev–Trinajstić information content (AvgIpc) is 2.67. The minimum Gasteiger partial charge on any atom is -0.490 e. The van der Waals surface area contributed by atoms with Crippen molar-refractivity contribution in [3.8, 4) is 11.5 Å². The molecule has 1 fully saturated rings. The molecule has 0 aliphatic carbocycles. The monoisotopic (exact) mass is 479 g/mol. The lowest BCUT2D eigenvalue weighted by molar-refractivity contribution is -0.124. The Kier molecular flexibility index (Phi) is 14.9. The van der Waals surface area contributed by atoms with Crippen molar-refractivity contribution in [1.29, 1.82) is 0 Å². The van der Waals surface area contributed by atoms with Crippen molar-refractivity contribution < 1.29 is 19.0 Å². The summed E-state index contributed by atoms with van der Waals surface area (Å²) in [6.07, 6.45) is 1.11. The Morgan fingerprint density at radius 1 is 1.13 bits per heavy atom. The van der Waals surface area contributed by atoms with Crippen LogP contribution in [0.2, 0.25) is 0 Å². The minimum atomic E-state index is -0.277. The molecule has 9 heteroatoms. The van der Waals surface area contributed by atoms with E-state index in [9.17, 15) is 4.79 Å². The standard InChI is InChI=1S/C22H37N3O4.2ClH/c1-5-28-20-15-18(16-23-9-6-10-25-11-13-27-14-12-25)7-8-19(20)29-17-21(26)24-22(2,3)4;;/h7-8,15,23H,5-6,9-14,16-17H2,1-4H3,(H,24,26);2*1H. The summed E-state index contributed by atoms with van der Waals surface area (Å²) in [5, 5.41) is 6.38. The lowest BCUT2D eigenvalue weighted by Gasteiger charge is -2.26. The average molecular weight is 480 g/mol. The number of amides is 1. The van der Waals surface area contributed by atoms with E-state index in [2.05, 4.69) is 15.5 Å². The maximum atomic E-state index is 12.0. The van der Waals surface area contributed by atoms with E-state index in [0.717, 1.165) is 57.9 Å². The first kappa shape index (κ1) is 29.8. The van der Waals surface area contributed by atoms with E-state index in [0.29, 0.717) is 18.1 Å². The molecule has 0 aromatic heterocycles. The fourth-order valence-corrected chi connectivity index (χ4v) is 3.13. The van der Waals surface area contributed by atoms with Crippen LogP contribution in [0.25, 0.3) is 0 Å². The number of ether oxygens (including phenoxy) is 3. The van der Waals surface area contributed by atoms with E-state index in [1.165, 1.54) is 0 Å². The molecule has 180 valence electrons. The van der Waals surface area contributed by atoms with E-state index in [1.807, 2.05) is 45.9 Å². The highest BCUT2D eigenvalue weighted by atomic mass is 35.5. The second-order valence-corrected chi connectivity index (χ2v) is 8.29. The molecule has 0 unspecified atom stereocenters. The molecule has 0 spiro atoms. The lowest BCUT2D eigenvalue weighted by atomic mass is 10.1. The van der Waals surface area contributed by atoms with E-state index in [4.69, 9.17) is 14.2 Å². The second-order valence-electron chi connectivity index (χ2n) is 8.29. The highest BCUT2D eigenvalue weighted by molar-refractivity contribution is 5.85. The van der Waals surface area contributed by atoms with Gasteiger partial charge in [-0.15, -0.1) is 24.8 Å². The first-order valence-electron chi connectivity index (χ1n) is 10.6. The van der Waals surface area contributed by atoms with Gasteiger partial charge in [0.1, 0.15) is 0 Å². The Bertz CT molecular complexity index is 636. The Morgan fingerprint density at radius 3 is 2.48 bits per heavy atom. The van der Waals surface area contributed by atoms with Crippen molar-refractivity contribution >= 4 is 30.7 Å². The van der Waals surface area contributed by atoms with E-state index in [-0.39, 0.29) is 42.9 Å². The van der Waals surface area contributed by atoms with Crippen LogP contribution in [0.3, 0.4) is 0 Å². The first-order valence-corrected chi connectivity index (χ1v) is 10.6. The molecule has 2 rings (SSSR count). The van der Waals surface area contributed by atoms with Crippen molar-refractivity contribution in [1.82, 2.24) is 15.5 Å². The third-order valence-corrected chi connectivity index (χ3v) is 4.44. The van der Waals surface area contributed by atoms with E-state index >= 15 is 0 Å². The molecule has 0 radical (unpaired) electrons. The molecule has 1 heterocycles. The highest BCUT2D eigenvalue weighted by Gasteiger charge is 2.15. The number of benzene rings is 1. The second kappa shape index (κ2) is 15.5. The zero-order valence-corrected chi connectivity index (χ0v) is 20.8. The fourth-order valence-electron chi connectivity index (χ4n) is 3.13. The summed E-state index contributed by atoms with van der Waals surface area (Å²) in [6.45, 7) is 14.9. The van der Waals surface area contributed by atoms with Crippen LogP contribution < -0.4 is 20.1 Å². The quantitative estimate of drug-likeness (QED) is 0.475. The van der Waals surface area contributed by atoms with Gasteiger partial charge in [0.2, 0.25) is 0 Å². The number of nitrogens with zero attached hydrogens (tertiary/aromatic N) is 1. The predicted octanol–water partition coefficient (Wildman–Crippen LogP) is 3.03. The number of carbonyl (C=O) groups is 1. The Morgan fingerprint density at radius 2 is 1.84 bits per heavy atom. The van der Waals surface area contributed by atoms with Gasteiger partial charge in [-0.3, -0.25) is 9.69 Å². The largest absolute Gasteiger partial charge is 0.490 e. The van der Waals surface area contributed by atoms with Crippen LogP contribution in [0.5, 0.6) is 11.5 Å². The smallest absolute Gasteiger partial charge is 0.258 e. The fraction of sp³-hybridized carbons (Fsp3) is 0.682. The minimum absolute atomic E-state index is 0. The van der Waals surface area contributed by atoms with Crippen LogP contribution in [0.15, 0.2) is 18.2 Å². The Balaban J connectivity index is 0.00000450. The summed E-state index contributed by atoms with van der Waals surface area (Å²) in [5.41, 5.74) is 0.854. The number of nitrogens with one attached hydrogen (secondary N) is 2. The van der Waals surface area contributed by atoms with Crippen molar-refractivity contribution in [3.63, 3.8) is 0 Å². The summed E-state index contributed by atoms with van der Waals surface area (Å²) in [7, 11) is 0. The summed E-state index contributed by atoms with van der Waals surface area (Å²) in [6, 6.07) is 5.87. The molecule has 1 aliphatic rings. The van der Waals surface area contributed by atoms with Crippen molar-refractivity contribution in [2.24, 2.45) is 0 Å². The first-order chi connectivity index (χ1) is 13.9. The molecular weight excluding hydrogens is 441 g/mol. The number of hydrogen-bond acceptors (Lipinski definition) is 6. The van der Waals surface area contributed by atoms with Gasteiger partial charge >= 0.3 is 0 Å². The zero-order valence-electron chi connectivity index (χ0n) is 19.2. The topological polar surface area (TPSA) is 72.1 Å². The van der Waals surface area contributed by atoms with Gasteiger partial charge < -0.3 is 24.8 Å². The molecule has 1 amide bonds. The van der Waals surface area contributed by atoms with Crippen LogP contribution in [-0.2, 0) is 16.1 Å². The number of hydrogen-bond donors (Lipinski definition) is 2. The molecule has 1 aliphatic heterocycles. The normalized spacial score (nSPS) is 14.2. The maximum Gasteiger partial charge on any atom is 0.258 e. The van der Waals surface area contributed by atoms with Gasteiger partial charge in [0.15, 0.2) is 18.1 Å². The van der Waals surface area contributed by atoms with Crippen molar-refractivity contribution in [2.75, 3.05) is 52.6 Å². The van der Waals surface area contributed by atoms with Gasteiger partial charge in [0, 0.05) is 25.2 Å². The molecule has 0 bridgehead atoms. The highest BCUT2D eigenvalue weighted by Crippen LogP contribution is 2.28. The van der Waals surface area contributed by atoms with Gasteiger partial charge in [-0.2, -0.15) is 0 Å². The van der Waals surface area contributed by atoms with Gasteiger partial charge in [-0.1, -0.05) is 6.07 Å². The van der Waals surface area contributed by atoms with Crippen LogP contribution in [0.1, 0.15) is 39.7 Å². The number of rotatable bonds is 11. The number of morpholine rings is 1. The molecule has 7 nitrogen and oxygen atoms in total. The molecular formula is C22H39Cl2N3O4. The number of halogens is 2. The molecule has 31 heavy (non-hydrogen) atoms. The zero-order chi connectivity index (χ0) is 21.1. The number of carbonyl (C=O) groups excluding carboxylic acids is 1. The molecule has 1 saturated heterocycles. The molecule has 1 aromatic carbocycles. The molecule has 1 aromatic rings. The van der Waals surface area contributed by atoms with Crippen molar-refractivity contribution in [2.45, 2.75) is 46.2 Å². The van der Waals surface area contributed by atoms with Crippen LogP contribution in [0.4, 0.5) is 0 Å². The van der Waals surface area contributed by atoms with Gasteiger partial charge in [-0.05, 0) is 64.9 Å². The summed E-state index contributed by atoms with van der Waals surface area (Å²) < 4.78 is 16.8. The molecule has 2 N–H and O–H groups in total. The van der Waals surface area contributed by atoms with Gasteiger partial charge in [-0.25, -0.2) is 0 Å². The Hall–Kier alpha value is -1.25. The molecule has 0 saturated carbocycles.